The maximum atomic E-state index is 12.5. The molecule has 3 aromatic rings. The smallest absolute Gasteiger partial charge is 0.407 e. The molecule has 6 nitrogen and oxygen atoms in total. The molecule has 32 heavy (non-hydrogen) atoms. The molecule has 1 amide bonds. The highest BCUT2D eigenvalue weighted by Crippen LogP contribution is 2.44. The van der Waals surface area contributed by atoms with Crippen LogP contribution in [0.1, 0.15) is 29.9 Å². The third-order valence-corrected chi connectivity index (χ3v) is 6.18. The summed E-state index contributed by atoms with van der Waals surface area (Å²) in [6.07, 6.45) is 1.28. The highest BCUT2D eigenvalue weighted by Gasteiger charge is 2.29. The van der Waals surface area contributed by atoms with Gasteiger partial charge in [-0.2, -0.15) is 0 Å². The molecule has 0 bridgehead atoms. The second-order valence-corrected chi connectivity index (χ2v) is 8.22. The van der Waals surface area contributed by atoms with Crippen molar-refractivity contribution in [2.75, 3.05) is 19.7 Å². The van der Waals surface area contributed by atoms with Crippen LogP contribution >= 0.6 is 0 Å². The molecule has 2 aliphatic rings. The minimum absolute atomic E-state index is 0.0772. The van der Waals surface area contributed by atoms with Crippen molar-refractivity contribution in [2.45, 2.75) is 24.8 Å². The molecule has 0 saturated carbocycles. The number of nitrogens with zero attached hydrogens (tertiary/aromatic N) is 3. The van der Waals surface area contributed by atoms with Gasteiger partial charge in [0.2, 0.25) is 0 Å². The van der Waals surface area contributed by atoms with Gasteiger partial charge >= 0.3 is 6.09 Å². The van der Waals surface area contributed by atoms with Gasteiger partial charge in [-0.15, -0.1) is 5.11 Å². The van der Waals surface area contributed by atoms with E-state index in [0.29, 0.717) is 6.61 Å². The summed E-state index contributed by atoms with van der Waals surface area (Å²) in [4.78, 5) is 12.5. The SMILES string of the molecule is O=C(NC1CCN(N=Nc2ccccc2)CC1)OCC1c2ccccc2-c2ccccc21. The van der Waals surface area contributed by atoms with E-state index in [1.807, 2.05) is 47.5 Å². The Balaban J connectivity index is 1.12. The van der Waals surface area contributed by atoms with Crippen LogP contribution in [0.3, 0.4) is 0 Å². The highest BCUT2D eigenvalue weighted by molar-refractivity contribution is 5.79. The van der Waals surface area contributed by atoms with Crippen LogP contribution in [0.2, 0.25) is 0 Å². The van der Waals surface area contributed by atoms with E-state index in [-0.39, 0.29) is 18.1 Å². The molecule has 0 aromatic heterocycles. The molecule has 3 aromatic carbocycles. The van der Waals surface area contributed by atoms with E-state index in [9.17, 15) is 4.79 Å². The zero-order chi connectivity index (χ0) is 21.8. The molecule has 6 heteroatoms. The third-order valence-electron chi connectivity index (χ3n) is 6.18. The van der Waals surface area contributed by atoms with E-state index in [4.69, 9.17) is 4.74 Å². The molecule has 5 rings (SSSR count). The lowest BCUT2D eigenvalue weighted by Crippen LogP contribution is -2.43. The second kappa shape index (κ2) is 9.22. The molecule has 0 spiro atoms. The van der Waals surface area contributed by atoms with Crippen molar-refractivity contribution in [3.05, 3.63) is 90.0 Å². The third kappa shape index (κ3) is 4.35. The van der Waals surface area contributed by atoms with Gasteiger partial charge in [0.05, 0.1) is 5.69 Å². The van der Waals surface area contributed by atoms with Gasteiger partial charge in [-0.25, -0.2) is 4.79 Å². The van der Waals surface area contributed by atoms with Crippen LogP contribution in [0.5, 0.6) is 0 Å². The number of fused-ring (bicyclic) bond motifs is 3. The number of rotatable bonds is 5. The average molecular weight is 427 g/mol. The number of hydrogen-bond donors (Lipinski definition) is 1. The van der Waals surface area contributed by atoms with Crippen LogP contribution < -0.4 is 5.32 Å². The van der Waals surface area contributed by atoms with Gasteiger partial charge in [-0.3, -0.25) is 5.01 Å². The average Bonchev–Trinajstić information content (AvgIpc) is 3.17. The van der Waals surface area contributed by atoms with Gasteiger partial charge in [-0.1, -0.05) is 72.0 Å². The van der Waals surface area contributed by atoms with Crippen LogP contribution in [0.15, 0.2) is 89.2 Å². The highest BCUT2D eigenvalue weighted by atomic mass is 16.5. The molecule has 0 unspecified atom stereocenters. The predicted molar refractivity (Wildman–Crippen MR) is 124 cm³/mol. The Morgan fingerprint density at radius 3 is 2.12 bits per heavy atom. The Morgan fingerprint density at radius 2 is 1.47 bits per heavy atom. The summed E-state index contributed by atoms with van der Waals surface area (Å²) in [5.74, 6) is 0.0772. The summed E-state index contributed by atoms with van der Waals surface area (Å²) in [5, 5.41) is 13.6. The second-order valence-electron chi connectivity index (χ2n) is 8.22. The lowest BCUT2D eigenvalue weighted by molar-refractivity contribution is 0.129. The maximum absolute atomic E-state index is 12.5. The number of carbonyl (C=O) groups excluding carboxylic acids is 1. The molecule has 1 aliphatic carbocycles. The Hall–Kier alpha value is -3.67. The van der Waals surface area contributed by atoms with Crippen molar-refractivity contribution in [3.8, 4) is 11.1 Å². The molecule has 1 aliphatic heterocycles. The van der Waals surface area contributed by atoms with E-state index >= 15 is 0 Å². The first-order valence-corrected chi connectivity index (χ1v) is 11.1. The van der Waals surface area contributed by atoms with Gasteiger partial charge in [0, 0.05) is 25.0 Å². The zero-order valence-corrected chi connectivity index (χ0v) is 17.9. The summed E-state index contributed by atoms with van der Waals surface area (Å²) in [7, 11) is 0. The largest absolute Gasteiger partial charge is 0.449 e. The molecule has 162 valence electrons. The minimum atomic E-state index is -0.351. The zero-order valence-electron chi connectivity index (χ0n) is 17.9. The number of nitrogens with one attached hydrogen (secondary N) is 1. The Kier molecular flexibility index (Phi) is 5.83. The normalized spacial score (nSPS) is 16.1. The van der Waals surface area contributed by atoms with Crippen LogP contribution in [0.25, 0.3) is 11.1 Å². The number of benzene rings is 3. The molecule has 1 heterocycles. The molecule has 0 radical (unpaired) electrons. The quantitative estimate of drug-likeness (QED) is 0.533. The van der Waals surface area contributed by atoms with Crippen LogP contribution in [-0.4, -0.2) is 36.8 Å². The maximum Gasteiger partial charge on any atom is 0.407 e. The fraction of sp³-hybridized carbons (Fsp3) is 0.269. The van der Waals surface area contributed by atoms with Gasteiger partial charge in [0.15, 0.2) is 0 Å². The number of carbonyl (C=O) groups is 1. The van der Waals surface area contributed by atoms with Crippen molar-refractivity contribution in [2.24, 2.45) is 10.3 Å². The van der Waals surface area contributed by atoms with Crippen molar-refractivity contribution in [1.29, 1.82) is 0 Å². The number of piperidine rings is 1. The van der Waals surface area contributed by atoms with Gasteiger partial charge in [0.1, 0.15) is 6.61 Å². The lowest BCUT2D eigenvalue weighted by Gasteiger charge is -2.29. The van der Waals surface area contributed by atoms with Crippen molar-refractivity contribution < 1.29 is 9.53 Å². The molecule has 1 saturated heterocycles. The summed E-state index contributed by atoms with van der Waals surface area (Å²) in [6.45, 7) is 1.85. The molecule has 1 N–H and O–H groups in total. The van der Waals surface area contributed by atoms with E-state index in [1.54, 1.807) is 0 Å². The van der Waals surface area contributed by atoms with Gasteiger partial charge in [-0.05, 0) is 47.2 Å². The van der Waals surface area contributed by atoms with Crippen molar-refractivity contribution >= 4 is 11.8 Å². The monoisotopic (exact) mass is 426 g/mol. The van der Waals surface area contributed by atoms with Gasteiger partial charge < -0.3 is 10.1 Å². The van der Waals surface area contributed by atoms with E-state index in [2.05, 4.69) is 52.1 Å². The molecule has 0 atom stereocenters. The Bertz CT molecular complexity index is 1060. The summed E-state index contributed by atoms with van der Waals surface area (Å²) < 4.78 is 5.67. The fourth-order valence-electron chi connectivity index (χ4n) is 4.52. The number of hydrogen-bond acceptors (Lipinski definition) is 4. The van der Waals surface area contributed by atoms with Crippen LogP contribution in [0, 0.1) is 0 Å². The first kappa shape index (κ1) is 20.2. The molecular formula is C26H26N4O2. The first-order chi connectivity index (χ1) is 15.8. The van der Waals surface area contributed by atoms with Crippen molar-refractivity contribution in [3.63, 3.8) is 0 Å². The van der Waals surface area contributed by atoms with E-state index in [1.165, 1.54) is 22.3 Å². The van der Waals surface area contributed by atoms with Gasteiger partial charge in [0.25, 0.3) is 0 Å². The van der Waals surface area contributed by atoms with E-state index in [0.717, 1.165) is 31.6 Å². The summed E-state index contributed by atoms with van der Waals surface area (Å²) in [5.41, 5.74) is 5.74. The van der Waals surface area contributed by atoms with Crippen molar-refractivity contribution in [1.82, 2.24) is 10.3 Å². The minimum Gasteiger partial charge on any atom is -0.449 e. The summed E-state index contributed by atoms with van der Waals surface area (Å²) >= 11 is 0. The molecule has 1 fully saturated rings. The van der Waals surface area contributed by atoms with Crippen LogP contribution in [-0.2, 0) is 4.74 Å². The first-order valence-electron chi connectivity index (χ1n) is 11.1. The fourth-order valence-corrected chi connectivity index (χ4v) is 4.52. The predicted octanol–water partition coefficient (Wildman–Crippen LogP) is 5.69. The Labute approximate surface area is 187 Å². The standard InChI is InChI=1S/C26H26N4O2/c31-26(27-19-14-16-30(17-15-19)29-28-20-8-2-1-3-9-20)32-18-25-23-12-6-4-10-21(23)22-11-5-7-13-24(22)25/h1-13,19,25H,14-18H2,(H,27,31). The number of ether oxygens (including phenoxy) is 1. The van der Waals surface area contributed by atoms with E-state index < -0.39 is 0 Å². The van der Waals surface area contributed by atoms with Crippen LogP contribution in [0.4, 0.5) is 10.5 Å². The number of alkyl carbamates (subject to hydrolysis) is 1. The topological polar surface area (TPSA) is 66.3 Å². The molecular weight excluding hydrogens is 400 g/mol. The Morgan fingerprint density at radius 1 is 0.875 bits per heavy atom. The number of amides is 1. The lowest BCUT2D eigenvalue weighted by atomic mass is 9.98. The summed E-state index contributed by atoms with van der Waals surface area (Å²) in [6, 6.07) is 26.5.